The molecule has 0 amide bonds. The van der Waals surface area contributed by atoms with Gasteiger partial charge in [0.2, 0.25) is 0 Å². The van der Waals surface area contributed by atoms with Gasteiger partial charge in [0.05, 0.1) is 0 Å². The predicted molar refractivity (Wildman–Crippen MR) is 88.1 cm³/mol. The first kappa shape index (κ1) is 14.5. The Morgan fingerprint density at radius 2 is 1.05 bits per heavy atom. The first-order valence-corrected chi connectivity index (χ1v) is 8.43. The SMILES string of the molecule is C[C@@H](C[C@H](C)Sc1ccccc1)Sc1ccccc1. The summed E-state index contributed by atoms with van der Waals surface area (Å²) in [5.74, 6) is 0. The van der Waals surface area contributed by atoms with Gasteiger partial charge in [-0.05, 0) is 30.7 Å². The molecular formula is C17H20S2. The van der Waals surface area contributed by atoms with Crippen LogP contribution < -0.4 is 0 Å². The molecule has 19 heavy (non-hydrogen) atoms. The number of thioether (sulfide) groups is 2. The summed E-state index contributed by atoms with van der Waals surface area (Å²) in [5.41, 5.74) is 0. The molecule has 0 N–H and O–H groups in total. The zero-order valence-electron chi connectivity index (χ0n) is 11.5. The predicted octanol–water partition coefficient (Wildman–Crippen LogP) is 5.74. The Morgan fingerprint density at radius 3 is 1.42 bits per heavy atom. The van der Waals surface area contributed by atoms with Gasteiger partial charge in [-0.3, -0.25) is 0 Å². The second kappa shape index (κ2) is 7.66. The van der Waals surface area contributed by atoms with E-state index in [2.05, 4.69) is 74.5 Å². The minimum atomic E-state index is 0.647. The normalized spacial score (nSPS) is 14.0. The van der Waals surface area contributed by atoms with Crippen molar-refractivity contribution >= 4 is 23.5 Å². The average molecular weight is 288 g/mol. The lowest BCUT2D eigenvalue weighted by atomic mass is 10.3. The minimum absolute atomic E-state index is 0.647. The fourth-order valence-corrected chi connectivity index (χ4v) is 4.48. The first-order chi connectivity index (χ1) is 9.24. The lowest BCUT2D eigenvalue weighted by Gasteiger charge is -2.16. The maximum Gasteiger partial charge on any atom is 0.00766 e. The monoisotopic (exact) mass is 288 g/mol. The molecule has 0 saturated heterocycles. The fourth-order valence-electron chi connectivity index (χ4n) is 2.03. The van der Waals surface area contributed by atoms with E-state index in [0.717, 1.165) is 0 Å². The third-order valence-electron chi connectivity index (χ3n) is 2.82. The Labute approximate surface area is 125 Å². The summed E-state index contributed by atoms with van der Waals surface area (Å²) in [5, 5.41) is 1.29. The van der Waals surface area contributed by atoms with E-state index < -0.39 is 0 Å². The summed E-state index contributed by atoms with van der Waals surface area (Å²) in [6.07, 6.45) is 1.22. The smallest absolute Gasteiger partial charge is 0.00766 e. The van der Waals surface area contributed by atoms with Crippen molar-refractivity contribution in [2.75, 3.05) is 0 Å². The number of benzene rings is 2. The van der Waals surface area contributed by atoms with Crippen molar-refractivity contribution in [1.82, 2.24) is 0 Å². The van der Waals surface area contributed by atoms with Gasteiger partial charge in [0.1, 0.15) is 0 Å². The van der Waals surface area contributed by atoms with Crippen molar-refractivity contribution in [1.29, 1.82) is 0 Å². The van der Waals surface area contributed by atoms with E-state index in [9.17, 15) is 0 Å². The second-order valence-electron chi connectivity index (χ2n) is 4.72. The molecule has 0 radical (unpaired) electrons. The molecule has 0 spiro atoms. The molecule has 0 saturated carbocycles. The van der Waals surface area contributed by atoms with Gasteiger partial charge in [-0.1, -0.05) is 50.2 Å². The van der Waals surface area contributed by atoms with Crippen molar-refractivity contribution in [2.45, 2.75) is 40.6 Å². The summed E-state index contributed by atoms with van der Waals surface area (Å²) < 4.78 is 0. The van der Waals surface area contributed by atoms with Crippen molar-refractivity contribution in [3.63, 3.8) is 0 Å². The highest BCUT2D eigenvalue weighted by Crippen LogP contribution is 2.31. The summed E-state index contributed by atoms with van der Waals surface area (Å²) in [6, 6.07) is 21.3. The lowest BCUT2D eigenvalue weighted by Crippen LogP contribution is -2.06. The van der Waals surface area contributed by atoms with E-state index in [1.807, 2.05) is 23.5 Å². The number of hydrogen-bond donors (Lipinski definition) is 0. The molecule has 2 atom stereocenters. The first-order valence-electron chi connectivity index (χ1n) is 6.67. The van der Waals surface area contributed by atoms with Gasteiger partial charge in [0, 0.05) is 20.3 Å². The van der Waals surface area contributed by atoms with Crippen LogP contribution in [0.4, 0.5) is 0 Å². The third-order valence-corrected chi connectivity index (χ3v) is 5.10. The highest BCUT2D eigenvalue weighted by Gasteiger charge is 2.11. The van der Waals surface area contributed by atoms with Gasteiger partial charge in [-0.15, -0.1) is 23.5 Å². The quantitative estimate of drug-likeness (QED) is 0.622. The fraction of sp³-hybridized carbons (Fsp3) is 0.294. The Hall–Kier alpha value is -0.860. The number of hydrogen-bond acceptors (Lipinski definition) is 2. The molecule has 2 heteroatoms. The van der Waals surface area contributed by atoms with Gasteiger partial charge in [0.15, 0.2) is 0 Å². The van der Waals surface area contributed by atoms with E-state index in [4.69, 9.17) is 0 Å². The highest BCUT2D eigenvalue weighted by molar-refractivity contribution is 8.00. The third kappa shape index (κ3) is 5.33. The molecule has 2 rings (SSSR count). The zero-order valence-corrected chi connectivity index (χ0v) is 13.1. The molecule has 0 aliphatic rings. The van der Waals surface area contributed by atoms with E-state index in [0.29, 0.717) is 10.5 Å². The van der Waals surface area contributed by atoms with E-state index >= 15 is 0 Å². The van der Waals surface area contributed by atoms with Crippen LogP contribution in [0.25, 0.3) is 0 Å². The highest BCUT2D eigenvalue weighted by atomic mass is 32.2. The number of rotatable bonds is 6. The van der Waals surface area contributed by atoms with Crippen molar-refractivity contribution in [3.05, 3.63) is 60.7 Å². The second-order valence-corrected chi connectivity index (χ2v) is 7.74. The molecule has 2 aromatic rings. The maximum atomic E-state index is 2.32. The Kier molecular flexibility index (Phi) is 5.87. The Morgan fingerprint density at radius 1 is 0.684 bits per heavy atom. The Balaban J connectivity index is 1.80. The molecule has 0 nitrogen and oxygen atoms in total. The molecule has 0 aromatic heterocycles. The van der Waals surface area contributed by atoms with Gasteiger partial charge in [-0.2, -0.15) is 0 Å². The van der Waals surface area contributed by atoms with E-state index in [1.54, 1.807) is 0 Å². The summed E-state index contributed by atoms with van der Waals surface area (Å²) in [7, 11) is 0. The molecule has 0 aliphatic heterocycles. The molecular weight excluding hydrogens is 268 g/mol. The summed E-state index contributed by atoms with van der Waals surface area (Å²) >= 11 is 3.94. The summed E-state index contributed by atoms with van der Waals surface area (Å²) in [4.78, 5) is 2.74. The van der Waals surface area contributed by atoms with Crippen LogP contribution in [0, 0.1) is 0 Å². The zero-order chi connectivity index (χ0) is 13.5. The van der Waals surface area contributed by atoms with Crippen LogP contribution in [0.15, 0.2) is 70.5 Å². The van der Waals surface area contributed by atoms with Gasteiger partial charge >= 0.3 is 0 Å². The average Bonchev–Trinajstić information content (AvgIpc) is 2.40. The Bertz CT molecular complexity index is 422. The lowest BCUT2D eigenvalue weighted by molar-refractivity contribution is 0.802. The van der Waals surface area contributed by atoms with Gasteiger partial charge in [-0.25, -0.2) is 0 Å². The van der Waals surface area contributed by atoms with Crippen LogP contribution in [-0.2, 0) is 0 Å². The van der Waals surface area contributed by atoms with Crippen LogP contribution in [-0.4, -0.2) is 10.5 Å². The topological polar surface area (TPSA) is 0 Å². The van der Waals surface area contributed by atoms with Crippen LogP contribution in [0.5, 0.6) is 0 Å². The van der Waals surface area contributed by atoms with Crippen LogP contribution >= 0.6 is 23.5 Å². The molecule has 0 aliphatic carbocycles. The molecule has 0 bridgehead atoms. The molecule has 100 valence electrons. The van der Waals surface area contributed by atoms with Gasteiger partial charge < -0.3 is 0 Å². The van der Waals surface area contributed by atoms with Crippen LogP contribution in [0.2, 0.25) is 0 Å². The maximum absolute atomic E-state index is 2.32. The minimum Gasteiger partial charge on any atom is -0.123 e. The van der Waals surface area contributed by atoms with Gasteiger partial charge in [0.25, 0.3) is 0 Å². The van der Waals surface area contributed by atoms with Crippen LogP contribution in [0.1, 0.15) is 20.3 Å². The molecule has 2 aromatic carbocycles. The molecule has 0 unspecified atom stereocenters. The largest absolute Gasteiger partial charge is 0.123 e. The summed E-state index contributed by atoms with van der Waals surface area (Å²) in [6.45, 7) is 4.64. The van der Waals surface area contributed by atoms with Crippen molar-refractivity contribution in [2.24, 2.45) is 0 Å². The van der Waals surface area contributed by atoms with E-state index in [-0.39, 0.29) is 0 Å². The molecule has 0 fully saturated rings. The van der Waals surface area contributed by atoms with Crippen molar-refractivity contribution in [3.8, 4) is 0 Å². The standard InChI is InChI=1S/C17H20S2/c1-14(18-16-9-5-3-6-10-16)13-15(2)19-17-11-7-4-8-12-17/h3-12,14-15H,13H2,1-2H3/t14-,15-/m0/s1. The van der Waals surface area contributed by atoms with Crippen LogP contribution in [0.3, 0.4) is 0 Å². The van der Waals surface area contributed by atoms with E-state index in [1.165, 1.54) is 16.2 Å². The molecule has 0 heterocycles. The van der Waals surface area contributed by atoms with Crippen molar-refractivity contribution < 1.29 is 0 Å².